The third-order valence-corrected chi connectivity index (χ3v) is 3.61. The second kappa shape index (κ2) is 5.56. The molecule has 0 saturated carbocycles. The maximum Gasteiger partial charge on any atom is 0.122 e. The van der Waals surface area contributed by atoms with Gasteiger partial charge in [0.1, 0.15) is 4.99 Å². The smallest absolute Gasteiger partial charge is 0.122 e. The Balaban J connectivity index is 2.07. The molecule has 0 bridgehead atoms. The SMILES string of the molecule is CC1CCCCN1Cc1ccnc(C(N)=S)c1. The van der Waals surface area contributed by atoms with Gasteiger partial charge in [0.25, 0.3) is 0 Å². The predicted molar refractivity (Wildman–Crippen MR) is 73.8 cm³/mol. The van der Waals surface area contributed by atoms with Crippen molar-refractivity contribution in [3.05, 3.63) is 29.6 Å². The first-order valence-electron chi connectivity index (χ1n) is 6.15. The number of piperidine rings is 1. The van der Waals surface area contributed by atoms with Crippen LogP contribution in [-0.4, -0.2) is 27.5 Å². The Morgan fingerprint density at radius 3 is 3.12 bits per heavy atom. The molecular formula is C13H19N3S. The van der Waals surface area contributed by atoms with E-state index in [2.05, 4.69) is 16.8 Å². The Bertz CT molecular complexity index is 405. The van der Waals surface area contributed by atoms with Crippen molar-refractivity contribution in [2.75, 3.05) is 6.54 Å². The van der Waals surface area contributed by atoms with Gasteiger partial charge in [0.2, 0.25) is 0 Å². The molecule has 1 aliphatic rings. The normalized spacial score (nSPS) is 21.4. The quantitative estimate of drug-likeness (QED) is 0.833. The minimum atomic E-state index is 0.374. The number of nitrogens with two attached hydrogens (primary N) is 1. The van der Waals surface area contributed by atoms with Crippen molar-refractivity contribution in [1.82, 2.24) is 9.88 Å². The molecule has 1 fully saturated rings. The molecule has 3 nitrogen and oxygen atoms in total. The fourth-order valence-electron chi connectivity index (χ4n) is 2.33. The van der Waals surface area contributed by atoms with Crippen LogP contribution >= 0.6 is 12.2 Å². The zero-order valence-electron chi connectivity index (χ0n) is 10.2. The van der Waals surface area contributed by atoms with Crippen molar-refractivity contribution in [2.24, 2.45) is 5.73 Å². The molecule has 0 radical (unpaired) electrons. The highest BCUT2D eigenvalue weighted by atomic mass is 32.1. The molecule has 0 aromatic carbocycles. The Labute approximate surface area is 108 Å². The second-order valence-electron chi connectivity index (χ2n) is 4.73. The van der Waals surface area contributed by atoms with E-state index >= 15 is 0 Å². The van der Waals surface area contributed by atoms with Crippen LogP contribution in [0.25, 0.3) is 0 Å². The van der Waals surface area contributed by atoms with Crippen molar-refractivity contribution in [1.29, 1.82) is 0 Å². The maximum absolute atomic E-state index is 5.60. The van der Waals surface area contributed by atoms with Gasteiger partial charge < -0.3 is 5.73 Å². The van der Waals surface area contributed by atoms with Crippen LogP contribution in [0.2, 0.25) is 0 Å². The van der Waals surface area contributed by atoms with Crippen molar-refractivity contribution in [3.8, 4) is 0 Å². The number of nitrogens with zero attached hydrogens (tertiary/aromatic N) is 2. The number of aromatic nitrogens is 1. The predicted octanol–water partition coefficient (Wildman–Crippen LogP) is 2.09. The molecule has 0 aliphatic carbocycles. The van der Waals surface area contributed by atoms with E-state index < -0.39 is 0 Å². The van der Waals surface area contributed by atoms with Gasteiger partial charge in [-0.15, -0.1) is 0 Å². The Hall–Kier alpha value is -1.00. The summed E-state index contributed by atoms with van der Waals surface area (Å²) in [5, 5.41) is 0. The highest BCUT2D eigenvalue weighted by molar-refractivity contribution is 7.80. The fourth-order valence-corrected chi connectivity index (χ4v) is 2.45. The van der Waals surface area contributed by atoms with Crippen molar-refractivity contribution in [2.45, 2.75) is 38.8 Å². The first kappa shape index (κ1) is 12.5. The number of hydrogen-bond donors (Lipinski definition) is 1. The average molecular weight is 249 g/mol. The van der Waals surface area contributed by atoms with Crippen molar-refractivity contribution < 1.29 is 0 Å². The average Bonchev–Trinajstić information content (AvgIpc) is 2.32. The van der Waals surface area contributed by atoms with Crippen LogP contribution in [0.5, 0.6) is 0 Å². The molecule has 92 valence electrons. The van der Waals surface area contributed by atoms with Crippen LogP contribution < -0.4 is 5.73 Å². The van der Waals surface area contributed by atoms with E-state index in [1.165, 1.54) is 31.4 Å². The van der Waals surface area contributed by atoms with Gasteiger partial charge in [-0.05, 0) is 44.0 Å². The lowest BCUT2D eigenvalue weighted by atomic mass is 10.0. The van der Waals surface area contributed by atoms with Gasteiger partial charge in [0.05, 0.1) is 5.69 Å². The van der Waals surface area contributed by atoms with Gasteiger partial charge in [0, 0.05) is 18.8 Å². The third-order valence-electron chi connectivity index (χ3n) is 3.40. The molecule has 2 N–H and O–H groups in total. The standard InChI is InChI=1S/C13H19N3S/c1-10-4-2-3-7-16(10)9-11-5-6-15-12(8-11)13(14)17/h5-6,8,10H,2-4,7,9H2,1H3,(H2,14,17). The topological polar surface area (TPSA) is 42.2 Å². The van der Waals surface area contributed by atoms with E-state index in [1.54, 1.807) is 6.20 Å². The molecule has 1 atom stereocenters. The Morgan fingerprint density at radius 2 is 2.41 bits per heavy atom. The third kappa shape index (κ3) is 3.23. The highest BCUT2D eigenvalue weighted by Gasteiger charge is 2.18. The number of hydrogen-bond acceptors (Lipinski definition) is 3. The Morgan fingerprint density at radius 1 is 1.59 bits per heavy atom. The monoisotopic (exact) mass is 249 g/mol. The van der Waals surface area contributed by atoms with Gasteiger partial charge in [-0.2, -0.15) is 0 Å². The molecule has 0 spiro atoms. The van der Waals surface area contributed by atoms with E-state index in [4.69, 9.17) is 18.0 Å². The molecule has 2 heterocycles. The molecule has 1 aliphatic heterocycles. The minimum Gasteiger partial charge on any atom is -0.388 e. The molecule has 17 heavy (non-hydrogen) atoms. The van der Waals surface area contributed by atoms with Crippen LogP contribution in [0.3, 0.4) is 0 Å². The minimum absolute atomic E-state index is 0.374. The maximum atomic E-state index is 5.60. The summed E-state index contributed by atoms with van der Waals surface area (Å²) in [6, 6.07) is 4.72. The van der Waals surface area contributed by atoms with Gasteiger partial charge >= 0.3 is 0 Å². The number of likely N-dealkylation sites (tertiary alicyclic amines) is 1. The molecule has 4 heteroatoms. The summed E-state index contributed by atoms with van der Waals surface area (Å²) < 4.78 is 0. The van der Waals surface area contributed by atoms with Crippen molar-refractivity contribution in [3.63, 3.8) is 0 Å². The molecule has 1 saturated heterocycles. The molecule has 0 amide bonds. The van der Waals surface area contributed by atoms with E-state index in [0.29, 0.717) is 11.0 Å². The van der Waals surface area contributed by atoms with Crippen LogP contribution in [-0.2, 0) is 6.54 Å². The lowest BCUT2D eigenvalue weighted by molar-refractivity contribution is 0.152. The van der Waals surface area contributed by atoms with Crippen molar-refractivity contribution >= 4 is 17.2 Å². The van der Waals surface area contributed by atoms with E-state index in [0.717, 1.165) is 12.2 Å². The van der Waals surface area contributed by atoms with E-state index in [9.17, 15) is 0 Å². The lowest BCUT2D eigenvalue weighted by Gasteiger charge is -2.33. The number of thiocarbonyl (C=S) groups is 1. The largest absolute Gasteiger partial charge is 0.388 e. The van der Waals surface area contributed by atoms with Crippen LogP contribution in [0, 0.1) is 0 Å². The summed E-state index contributed by atoms with van der Waals surface area (Å²) in [4.78, 5) is 7.06. The molecule has 1 aromatic rings. The molecule has 1 aromatic heterocycles. The number of pyridine rings is 1. The summed E-state index contributed by atoms with van der Waals surface area (Å²) in [6.07, 6.45) is 5.75. The van der Waals surface area contributed by atoms with E-state index in [-0.39, 0.29) is 0 Å². The molecule has 2 rings (SSSR count). The fraction of sp³-hybridized carbons (Fsp3) is 0.538. The second-order valence-corrected chi connectivity index (χ2v) is 5.17. The van der Waals surface area contributed by atoms with Gasteiger partial charge in [-0.1, -0.05) is 18.6 Å². The Kier molecular flexibility index (Phi) is 4.07. The first-order valence-corrected chi connectivity index (χ1v) is 6.56. The van der Waals surface area contributed by atoms with Gasteiger partial charge in [0.15, 0.2) is 0 Å². The number of rotatable bonds is 3. The van der Waals surface area contributed by atoms with Crippen LogP contribution in [0.4, 0.5) is 0 Å². The first-order chi connectivity index (χ1) is 8.16. The van der Waals surface area contributed by atoms with Gasteiger partial charge in [-0.3, -0.25) is 9.88 Å². The van der Waals surface area contributed by atoms with Gasteiger partial charge in [-0.25, -0.2) is 0 Å². The summed E-state index contributed by atoms with van der Waals surface area (Å²) >= 11 is 4.95. The summed E-state index contributed by atoms with van der Waals surface area (Å²) in [5.41, 5.74) is 7.57. The summed E-state index contributed by atoms with van der Waals surface area (Å²) in [7, 11) is 0. The lowest BCUT2D eigenvalue weighted by Crippen LogP contribution is -2.36. The molecular weight excluding hydrogens is 230 g/mol. The highest BCUT2D eigenvalue weighted by Crippen LogP contribution is 2.19. The van der Waals surface area contributed by atoms with Crippen LogP contribution in [0.15, 0.2) is 18.3 Å². The molecule has 1 unspecified atom stereocenters. The summed E-state index contributed by atoms with van der Waals surface area (Å²) in [6.45, 7) is 4.46. The van der Waals surface area contributed by atoms with Crippen LogP contribution in [0.1, 0.15) is 37.4 Å². The summed E-state index contributed by atoms with van der Waals surface area (Å²) in [5.74, 6) is 0. The van der Waals surface area contributed by atoms with E-state index in [1.807, 2.05) is 12.1 Å². The zero-order chi connectivity index (χ0) is 12.3. The zero-order valence-corrected chi connectivity index (χ0v) is 11.0.